The molecule has 0 N–H and O–H groups in total. The fraction of sp³-hybridized carbons (Fsp3) is 0.360. The summed E-state index contributed by atoms with van der Waals surface area (Å²) in [6.07, 6.45) is 4.36. The summed E-state index contributed by atoms with van der Waals surface area (Å²) < 4.78 is 56.3. The molecule has 9 heteroatoms. The number of hydrogen-bond acceptors (Lipinski definition) is 5. The first-order chi connectivity index (χ1) is 16.4. The molecule has 0 bridgehead atoms. The molecular weight excluding hydrogens is 488 g/mol. The van der Waals surface area contributed by atoms with Gasteiger partial charge in [-0.3, -0.25) is 0 Å². The Balaban J connectivity index is 1.56. The Morgan fingerprint density at radius 1 is 0.765 bits per heavy atom. The highest BCUT2D eigenvalue weighted by atomic mass is 32.2. The van der Waals surface area contributed by atoms with Gasteiger partial charge in [0.1, 0.15) is 0 Å². The smallest absolute Gasteiger partial charge is 0.207 e. The molecular formula is C25H30N2O4S3. The van der Waals surface area contributed by atoms with Crippen LogP contribution in [0.3, 0.4) is 0 Å². The minimum absolute atomic E-state index is 0.104. The van der Waals surface area contributed by atoms with Crippen LogP contribution in [0.4, 0.5) is 0 Å². The van der Waals surface area contributed by atoms with Crippen LogP contribution in [0.1, 0.15) is 36.1 Å². The summed E-state index contributed by atoms with van der Waals surface area (Å²) >= 11 is 1.52. The lowest BCUT2D eigenvalue weighted by Gasteiger charge is -2.23. The first-order valence-corrected chi connectivity index (χ1v) is 15.3. The van der Waals surface area contributed by atoms with E-state index in [0.717, 1.165) is 36.1 Å². The molecule has 6 nitrogen and oxygen atoms in total. The summed E-state index contributed by atoms with van der Waals surface area (Å²) in [7, 11) is -7.44. The molecule has 3 aromatic rings. The maximum absolute atomic E-state index is 13.6. The van der Waals surface area contributed by atoms with Crippen molar-refractivity contribution in [2.75, 3.05) is 19.6 Å². The Morgan fingerprint density at radius 3 is 2.03 bits per heavy atom. The van der Waals surface area contributed by atoms with Gasteiger partial charge in [-0.15, -0.1) is 11.3 Å². The van der Waals surface area contributed by atoms with E-state index in [1.54, 1.807) is 0 Å². The van der Waals surface area contributed by atoms with Crippen molar-refractivity contribution in [3.05, 3.63) is 82.6 Å². The third kappa shape index (κ3) is 5.95. The van der Waals surface area contributed by atoms with E-state index in [1.165, 1.54) is 44.2 Å². The molecule has 1 aliphatic heterocycles. The molecule has 2 heterocycles. The molecule has 182 valence electrons. The van der Waals surface area contributed by atoms with Crippen LogP contribution in [-0.4, -0.2) is 45.1 Å². The molecule has 1 aliphatic rings. The van der Waals surface area contributed by atoms with Crippen molar-refractivity contribution < 1.29 is 16.8 Å². The van der Waals surface area contributed by atoms with Gasteiger partial charge < -0.3 is 0 Å². The third-order valence-corrected chi connectivity index (χ3v) is 10.7. The summed E-state index contributed by atoms with van der Waals surface area (Å²) in [5, 5.41) is 1.93. The SMILES string of the molecule is O=S(=O)(c1ccc(S(=O)(=O)N(CCc2ccccc2)Cc2cccs2)cc1)N1CCCCCC1. The van der Waals surface area contributed by atoms with Gasteiger partial charge in [-0.2, -0.15) is 8.61 Å². The fourth-order valence-electron chi connectivity index (χ4n) is 4.12. The van der Waals surface area contributed by atoms with Gasteiger partial charge in [-0.1, -0.05) is 49.2 Å². The molecule has 0 atom stereocenters. The quantitative estimate of drug-likeness (QED) is 0.410. The van der Waals surface area contributed by atoms with Gasteiger partial charge in [-0.25, -0.2) is 16.8 Å². The summed E-state index contributed by atoms with van der Waals surface area (Å²) in [5.74, 6) is 0. The predicted molar refractivity (Wildman–Crippen MR) is 136 cm³/mol. The van der Waals surface area contributed by atoms with Crippen LogP contribution in [-0.2, 0) is 33.0 Å². The molecule has 4 rings (SSSR count). The minimum atomic E-state index is -3.81. The van der Waals surface area contributed by atoms with Crippen molar-refractivity contribution in [3.8, 4) is 0 Å². The topological polar surface area (TPSA) is 74.8 Å². The second-order valence-electron chi connectivity index (χ2n) is 8.44. The van der Waals surface area contributed by atoms with E-state index < -0.39 is 20.0 Å². The molecule has 0 unspecified atom stereocenters. The van der Waals surface area contributed by atoms with E-state index in [1.807, 2.05) is 47.8 Å². The number of sulfonamides is 2. The highest BCUT2D eigenvalue weighted by molar-refractivity contribution is 7.89. The molecule has 0 saturated carbocycles. The van der Waals surface area contributed by atoms with Gasteiger partial charge >= 0.3 is 0 Å². The number of hydrogen-bond donors (Lipinski definition) is 0. The Kier molecular flexibility index (Phi) is 8.21. The van der Waals surface area contributed by atoms with Crippen LogP contribution < -0.4 is 0 Å². The number of rotatable bonds is 9. The summed E-state index contributed by atoms with van der Waals surface area (Å²) in [4.78, 5) is 1.20. The van der Waals surface area contributed by atoms with E-state index in [9.17, 15) is 16.8 Å². The second-order valence-corrected chi connectivity index (χ2v) is 13.4. The molecule has 34 heavy (non-hydrogen) atoms. The van der Waals surface area contributed by atoms with Crippen molar-refractivity contribution in [1.82, 2.24) is 8.61 Å². The lowest BCUT2D eigenvalue weighted by Crippen LogP contribution is -2.33. The zero-order valence-electron chi connectivity index (χ0n) is 19.0. The Labute approximate surface area is 207 Å². The largest absolute Gasteiger partial charge is 0.243 e. The lowest BCUT2D eigenvalue weighted by molar-refractivity contribution is 0.412. The molecule has 0 spiro atoms. The van der Waals surface area contributed by atoms with Crippen molar-refractivity contribution >= 4 is 31.4 Å². The predicted octanol–water partition coefficient (Wildman–Crippen LogP) is 4.75. The molecule has 1 saturated heterocycles. The zero-order valence-corrected chi connectivity index (χ0v) is 21.5. The van der Waals surface area contributed by atoms with E-state index in [2.05, 4.69) is 0 Å². The van der Waals surface area contributed by atoms with Gasteiger partial charge in [0, 0.05) is 31.1 Å². The maximum Gasteiger partial charge on any atom is 0.243 e. The van der Waals surface area contributed by atoms with Crippen LogP contribution in [0.5, 0.6) is 0 Å². The molecule has 0 aliphatic carbocycles. The van der Waals surface area contributed by atoms with Crippen LogP contribution in [0.2, 0.25) is 0 Å². The van der Waals surface area contributed by atoms with Gasteiger partial charge in [0.25, 0.3) is 0 Å². The van der Waals surface area contributed by atoms with Gasteiger partial charge in [-0.05, 0) is 60.5 Å². The summed E-state index contributed by atoms with van der Waals surface area (Å²) in [6, 6.07) is 19.3. The van der Waals surface area contributed by atoms with Crippen molar-refractivity contribution in [2.24, 2.45) is 0 Å². The summed E-state index contributed by atoms with van der Waals surface area (Å²) in [6.45, 7) is 1.63. The Bertz CT molecular complexity index is 1250. The third-order valence-electron chi connectivity index (χ3n) is 6.07. The standard InChI is InChI=1S/C25H30N2O4S3/c28-33(29,26-17-6-1-2-7-18-26)24-12-14-25(15-13-24)34(30,31)27(21-23-11-8-20-32-23)19-16-22-9-4-3-5-10-22/h3-5,8-15,20H,1-2,6-7,16-19,21H2. The van der Waals surface area contributed by atoms with Crippen LogP contribution >= 0.6 is 11.3 Å². The minimum Gasteiger partial charge on any atom is -0.207 e. The van der Waals surface area contributed by atoms with Crippen molar-refractivity contribution in [3.63, 3.8) is 0 Å². The Morgan fingerprint density at radius 2 is 1.41 bits per heavy atom. The van der Waals surface area contributed by atoms with Crippen LogP contribution in [0.25, 0.3) is 0 Å². The number of benzene rings is 2. The molecule has 2 aromatic carbocycles. The maximum atomic E-state index is 13.6. The fourth-order valence-corrected chi connectivity index (χ4v) is 7.86. The molecule has 1 aromatic heterocycles. The molecule has 0 radical (unpaired) electrons. The average Bonchev–Trinajstić information content (AvgIpc) is 3.20. The lowest BCUT2D eigenvalue weighted by atomic mass is 10.1. The van der Waals surface area contributed by atoms with E-state index in [0.29, 0.717) is 26.1 Å². The van der Waals surface area contributed by atoms with Crippen molar-refractivity contribution in [1.29, 1.82) is 0 Å². The van der Waals surface area contributed by atoms with E-state index in [4.69, 9.17) is 0 Å². The highest BCUT2D eigenvalue weighted by Gasteiger charge is 2.28. The second kappa shape index (κ2) is 11.1. The van der Waals surface area contributed by atoms with E-state index in [-0.39, 0.29) is 16.3 Å². The van der Waals surface area contributed by atoms with Crippen LogP contribution in [0.15, 0.2) is 81.9 Å². The first kappa shape index (κ1) is 25.1. The summed E-state index contributed by atoms with van der Waals surface area (Å²) in [5.41, 5.74) is 1.06. The number of nitrogens with zero attached hydrogens (tertiary/aromatic N) is 2. The van der Waals surface area contributed by atoms with Gasteiger partial charge in [0.15, 0.2) is 0 Å². The van der Waals surface area contributed by atoms with E-state index >= 15 is 0 Å². The van der Waals surface area contributed by atoms with Crippen molar-refractivity contribution in [2.45, 2.75) is 48.4 Å². The monoisotopic (exact) mass is 518 g/mol. The Hall–Kier alpha value is -2.04. The zero-order chi connectivity index (χ0) is 24.0. The number of thiophene rings is 1. The van der Waals surface area contributed by atoms with Gasteiger partial charge in [0.05, 0.1) is 9.79 Å². The average molecular weight is 519 g/mol. The molecule has 1 fully saturated rings. The van der Waals surface area contributed by atoms with Crippen LogP contribution in [0, 0.1) is 0 Å². The first-order valence-electron chi connectivity index (χ1n) is 11.5. The highest BCUT2D eigenvalue weighted by Crippen LogP contribution is 2.25. The normalized spacial score (nSPS) is 15.9. The molecule has 0 amide bonds. The van der Waals surface area contributed by atoms with Gasteiger partial charge in [0.2, 0.25) is 20.0 Å².